The molecule has 1 aliphatic rings. The maximum Gasteiger partial charge on any atom is 0.227 e. The smallest absolute Gasteiger partial charge is 0.227 e. The molecule has 4 aromatic rings. The first kappa shape index (κ1) is 18.1. The number of benzene rings is 1. The predicted octanol–water partition coefficient (Wildman–Crippen LogP) is 4.01. The molecule has 4 heterocycles. The van der Waals surface area contributed by atoms with Crippen LogP contribution >= 0.6 is 11.3 Å². The fourth-order valence-electron chi connectivity index (χ4n) is 3.81. The molecule has 1 N–H and O–H groups in total. The van der Waals surface area contributed by atoms with Gasteiger partial charge in [-0.3, -0.25) is 4.79 Å². The number of likely N-dealkylation sites (tertiary alicyclic amines) is 1. The van der Waals surface area contributed by atoms with Crippen LogP contribution in [0.2, 0.25) is 0 Å². The van der Waals surface area contributed by atoms with E-state index in [4.69, 9.17) is 9.51 Å². The van der Waals surface area contributed by atoms with Crippen molar-refractivity contribution in [3.05, 3.63) is 52.8 Å². The van der Waals surface area contributed by atoms with Gasteiger partial charge in [-0.15, -0.1) is 0 Å². The summed E-state index contributed by atoms with van der Waals surface area (Å²) in [6.45, 7) is 1.51. The first-order valence-corrected chi connectivity index (χ1v) is 10.8. The summed E-state index contributed by atoms with van der Waals surface area (Å²) in [5.41, 5.74) is 3.02. The summed E-state index contributed by atoms with van der Waals surface area (Å²) in [4.78, 5) is 27.1. The molecule has 7 nitrogen and oxygen atoms in total. The Balaban J connectivity index is 1.14. The van der Waals surface area contributed by atoms with Crippen LogP contribution in [-0.2, 0) is 11.2 Å². The Morgan fingerprint density at radius 3 is 2.86 bits per heavy atom. The number of thiophene rings is 1. The predicted molar refractivity (Wildman–Crippen MR) is 111 cm³/mol. The molecule has 1 aromatic carbocycles. The monoisotopic (exact) mass is 407 g/mol. The minimum absolute atomic E-state index is 0.142. The van der Waals surface area contributed by atoms with Crippen LogP contribution in [0.5, 0.6) is 0 Å². The van der Waals surface area contributed by atoms with Crippen molar-refractivity contribution in [1.29, 1.82) is 0 Å². The quantitative estimate of drug-likeness (QED) is 0.540. The van der Waals surface area contributed by atoms with Gasteiger partial charge in [0, 0.05) is 42.8 Å². The van der Waals surface area contributed by atoms with Crippen molar-refractivity contribution in [3.63, 3.8) is 0 Å². The largest absolute Gasteiger partial charge is 0.343 e. The lowest BCUT2D eigenvalue weighted by molar-refractivity contribution is -0.132. The van der Waals surface area contributed by atoms with Crippen LogP contribution in [0.15, 0.2) is 45.6 Å². The van der Waals surface area contributed by atoms with Gasteiger partial charge in [-0.05, 0) is 36.4 Å². The average molecular weight is 407 g/mol. The maximum atomic E-state index is 12.6. The normalized spacial score (nSPS) is 15.2. The molecule has 0 spiro atoms. The van der Waals surface area contributed by atoms with Crippen LogP contribution in [0.4, 0.5) is 0 Å². The van der Waals surface area contributed by atoms with Gasteiger partial charge in [0.1, 0.15) is 5.82 Å². The third-order valence-corrected chi connectivity index (χ3v) is 6.13. The van der Waals surface area contributed by atoms with Gasteiger partial charge in [0.05, 0.1) is 11.0 Å². The van der Waals surface area contributed by atoms with E-state index in [9.17, 15) is 4.79 Å². The number of aryl methyl sites for hydroxylation is 1. The molecule has 0 unspecified atom stereocenters. The van der Waals surface area contributed by atoms with Gasteiger partial charge < -0.3 is 14.4 Å². The molecule has 1 fully saturated rings. The van der Waals surface area contributed by atoms with E-state index in [2.05, 4.69) is 15.1 Å². The van der Waals surface area contributed by atoms with E-state index in [0.29, 0.717) is 30.5 Å². The van der Waals surface area contributed by atoms with E-state index in [1.165, 1.54) is 0 Å². The van der Waals surface area contributed by atoms with Crippen LogP contribution in [0.3, 0.4) is 0 Å². The number of carbonyl (C=O) groups is 1. The van der Waals surface area contributed by atoms with Gasteiger partial charge >= 0.3 is 0 Å². The Bertz CT molecular complexity index is 1080. The van der Waals surface area contributed by atoms with Crippen molar-refractivity contribution in [2.75, 3.05) is 13.1 Å². The third-order valence-electron chi connectivity index (χ3n) is 5.44. The Morgan fingerprint density at radius 2 is 2.07 bits per heavy atom. The van der Waals surface area contributed by atoms with E-state index in [1.54, 1.807) is 11.3 Å². The number of carbonyl (C=O) groups excluding carboxylic acids is 1. The van der Waals surface area contributed by atoms with Crippen LogP contribution in [0.1, 0.15) is 36.9 Å². The Hall–Kier alpha value is -3.00. The minimum atomic E-state index is 0.142. The minimum Gasteiger partial charge on any atom is -0.343 e. The van der Waals surface area contributed by atoms with E-state index < -0.39 is 0 Å². The molecule has 29 heavy (non-hydrogen) atoms. The van der Waals surface area contributed by atoms with Crippen molar-refractivity contribution in [2.24, 2.45) is 0 Å². The van der Waals surface area contributed by atoms with Crippen molar-refractivity contribution >= 4 is 28.3 Å². The molecule has 8 heteroatoms. The number of rotatable bonds is 5. The Kier molecular flexibility index (Phi) is 4.85. The zero-order valence-corrected chi connectivity index (χ0v) is 16.7. The van der Waals surface area contributed by atoms with Crippen molar-refractivity contribution in [3.8, 4) is 11.4 Å². The summed E-state index contributed by atoms with van der Waals surface area (Å²) in [5, 5.41) is 7.95. The van der Waals surface area contributed by atoms with E-state index in [1.807, 2.05) is 46.0 Å². The zero-order chi connectivity index (χ0) is 19.6. The number of aromatic amines is 1. The number of H-pyrrole nitrogens is 1. The molecule has 0 radical (unpaired) electrons. The van der Waals surface area contributed by atoms with Gasteiger partial charge in [0.2, 0.25) is 17.6 Å². The molecule has 0 bridgehead atoms. The number of hydrogen-bond acceptors (Lipinski definition) is 6. The van der Waals surface area contributed by atoms with E-state index in [0.717, 1.165) is 48.4 Å². The highest BCUT2D eigenvalue weighted by atomic mass is 32.1. The fraction of sp³-hybridized carbons (Fsp3) is 0.333. The lowest BCUT2D eigenvalue weighted by Crippen LogP contribution is -2.38. The zero-order valence-electron chi connectivity index (χ0n) is 15.9. The van der Waals surface area contributed by atoms with Crippen molar-refractivity contribution < 1.29 is 9.32 Å². The summed E-state index contributed by atoms with van der Waals surface area (Å²) in [7, 11) is 0. The topological polar surface area (TPSA) is 87.9 Å². The molecule has 0 atom stereocenters. The fourth-order valence-corrected chi connectivity index (χ4v) is 4.44. The molecule has 1 saturated heterocycles. The maximum absolute atomic E-state index is 12.6. The highest BCUT2D eigenvalue weighted by Gasteiger charge is 2.26. The van der Waals surface area contributed by atoms with Crippen LogP contribution in [-0.4, -0.2) is 44.0 Å². The third kappa shape index (κ3) is 3.80. The van der Waals surface area contributed by atoms with Crippen LogP contribution in [0.25, 0.3) is 22.4 Å². The number of fused-ring (bicyclic) bond motifs is 1. The number of amides is 1. The highest BCUT2D eigenvalue weighted by Crippen LogP contribution is 2.28. The van der Waals surface area contributed by atoms with E-state index in [-0.39, 0.29) is 5.91 Å². The molecular weight excluding hydrogens is 386 g/mol. The molecule has 5 rings (SSSR count). The SMILES string of the molecule is O=C(CCc1nc(-c2ccsc2)no1)N1CCC(c2nc3ccccc3[nH]2)CC1. The average Bonchev–Trinajstić information content (AvgIpc) is 3.52. The lowest BCUT2D eigenvalue weighted by atomic mass is 9.96. The van der Waals surface area contributed by atoms with Gasteiger partial charge in [-0.1, -0.05) is 17.3 Å². The lowest BCUT2D eigenvalue weighted by Gasteiger charge is -2.31. The molecule has 3 aromatic heterocycles. The van der Waals surface area contributed by atoms with Crippen LogP contribution < -0.4 is 0 Å². The first-order valence-electron chi connectivity index (χ1n) is 9.84. The summed E-state index contributed by atoms with van der Waals surface area (Å²) in [5.74, 6) is 2.64. The number of imidazole rings is 1. The second-order valence-electron chi connectivity index (χ2n) is 7.32. The number of nitrogens with one attached hydrogen (secondary N) is 1. The summed E-state index contributed by atoms with van der Waals surface area (Å²) < 4.78 is 5.29. The second-order valence-corrected chi connectivity index (χ2v) is 8.10. The molecule has 1 aliphatic heterocycles. The molecule has 0 saturated carbocycles. The first-order chi connectivity index (χ1) is 14.3. The number of nitrogens with zero attached hydrogens (tertiary/aromatic N) is 4. The molecule has 1 amide bonds. The Labute approximate surface area is 171 Å². The van der Waals surface area contributed by atoms with Crippen molar-refractivity contribution in [1.82, 2.24) is 25.0 Å². The summed E-state index contributed by atoms with van der Waals surface area (Å²) >= 11 is 1.59. The van der Waals surface area contributed by atoms with Crippen LogP contribution in [0, 0.1) is 0 Å². The van der Waals surface area contributed by atoms with Gasteiger partial charge in [0.25, 0.3) is 0 Å². The Morgan fingerprint density at radius 1 is 1.21 bits per heavy atom. The van der Waals surface area contributed by atoms with Crippen molar-refractivity contribution in [2.45, 2.75) is 31.6 Å². The molecule has 0 aliphatic carbocycles. The second kappa shape index (κ2) is 7.79. The van der Waals surface area contributed by atoms with Gasteiger partial charge in [-0.25, -0.2) is 4.98 Å². The summed E-state index contributed by atoms with van der Waals surface area (Å²) in [6, 6.07) is 10.0. The van der Waals surface area contributed by atoms with E-state index >= 15 is 0 Å². The number of aromatic nitrogens is 4. The molecule has 148 valence electrons. The molecular formula is C21H21N5O2S. The van der Waals surface area contributed by atoms with Gasteiger partial charge in [-0.2, -0.15) is 16.3 Å². The summed E-state index contributed by atoms with van der Waals surface area (Å²) in [6.07, 6.45) is 2.71. The number of para-hydroxylation sites is 2. The van der Waals surface area contributed by atoms with Gasteiger partial charge in [0.15, 0.2) is 0 Å². The highest BCUT2D eigenvalue weighted by molar-refractivity contribution is 7.08. The number of hydrogen-bond donors (Lipinski definition) is 1. The number of piperidine rings is 1. The standard InChI is InChI=1S/C21H21N5O2S/c27-19(6-5-18-24-21(25-28-18)15-9-12-29-13-15)26-10-7-14(8-11-26)20-22-16-3-1-2-4-17(16)23-20/h1-4,9,12-14H,5-8,10-11H2,(H,22,23).